The second kappa shape index (κ2) is 10.0. The Morgan fingerprint density at radius 1 is 1.22 bits per heavy atom. The lowest BCUT2D eigenvalue weighted by Crippen LogP contribution is -2.38. The molecule has 5 atom stereocenters. The molecule has 200 valence electrons. The molecule has 0 amide bonds. The maximum Gasteiger partial charge on any atom is 0.238 e. The fourth-order valence-corrected chi connectivity index (χ4v) is 6.47. The highest BCUT2D eigenvalue weighted by Crippen LogP contribution is 2.44. The van der Waals surface area contributed by atoms with Gasteiger partial charge in [-0.25, -0.2) is 18.4 Å². The summed E-state index contributed by atoms with van der Waals surface area (Å²) in [5, 5.41) is 14.3. The van der Waals surface area contributed by atoms with Gasteiger partial charge in [-0.15, -0.1) is 11.3 Å². The number of fused-ring (bicyclic) bond motifs is 2. The topological polar surface area (TPSA) is 145 Å². The quantitative estimate of drug-likeness (QED) is 0.364. The SMILES string of the molecule is CCOCC1(C)OC2C(CO)CC(Nc3nc(NS(C)(=O)=O)nc(C)c3-c3nc4ccccc4s3)C2O1. The molecule has 2 fully saturated rings. The van der Waals surface area contributed by atoms with Crippen LogP contribution in [0.4, 0.5) is 11.8 Å². The van der Waals surface area contributed by atoms with Crippen molar-refractivity contribution in [1.82, 2.24) is 15.0 Å². The number of aliphatic hydroxyl groups is 1. The fourth-order valence-electron chi connectivity index (χ4n) is 4.98. The predicted molar refractivity (Wildman–Crippen MR) is 141 cm³/mol. The van der Waals surface area contributed by atoms with Crippen LogP contribution in [0.25, 0.3) is 20.8 Å². The van der Waals surface area contributed by atoms with E-state index in [-0.39, 0.29) is 43.3 Å². The highest BCUT2D eigenvalue weighted by molar-refractivity contribution is 7.92. The molecule has 1 aromatic carbocycles. The van der Waals surface area contributed by atoms with E-state index < -0.39 is 15.8 Å². The molecule has 1 aliphatic heterocycles. The molecule has 1 saturated carbocycles. The molecule has 1 aliphatic carbocycles. The summed E-state index contributed by atoms with van der Waals surface area (Å²) in [6, 6.07) is 7.55. The zero-order chi connectivity index (χ0) is 26.4. The van der Waals surface area contributed by atoms with Crippen molar-refractivity contribution in [3.63, 3.8) is 0 Å². The van der Waals surface area contributed by atoms with Crippen molar-refractivity contribution in [3.8, 4) is 10.6 Å². The summed E-state index contributed by atoms with van der Waals surface area (Å²) in [6.07, 6.45) is 0.937. The average molecular weight is 550 g/mol. The van der Waals surface area contributed by atoms with Crippen LogP contribution in [0.1, 0.15) is 26.0 Å². The van der Waals surface area contributed by atoms with Crippen molar-refractivity contribution in [2.24, 2.45) is 5.92 Å². The lowest BCUT2D eigenvalue weighted by Gasteiger charge is -2.27. The Bertz CT molecular complexity index is 1370. The number of thiazole rings is 1. The van der Waals surface area contributed by atoms with Crippen LogP contribution in [-0.4, -0.2) is 78.6 Å². The number of hydrogen-bond donors (Lipinski definition) is 3. The van der Waals surface area contributed by atoms with Crippen molar-refractivity contribution in [1.29, 1.82) is 0 Å². The lowest BCUT2D eigenvalue weighted by atomic mass is 10.1. The zero-order valence-corrected chi connectivity index (χ0v) is 22.7. The highest BCUT2D eigenvalue weighted by atomic mass is 32.2. The smallest absolute Gasteiger partial charge is 0.238 e. The van der Waals surface area contributed by atoms with Crippen molar-refractivity contribution < 1.29 is 27.7 Å². The monoisotopic (exact) mass is 549 g/mol. The summed E-state index contributed by atoms with van der Waals surface area (Å²) in [7, 11) is -3.59. The normalized spacial score (nSPS) is 27.5. The Kier molecular flexibility index (Phi) is 7.11. The molecule has 2 aromatic heterocycles. The van der Waals surface area contributed by atoms with Crippen LogP contribution in [0.5, 0.6) is 0 Å². The first kappa shape index (κ1) is 26.2. The third kappa shape index (κ3) is 5.42. The molecule has 13 heteroatoms. The number of aliphatic hydroxyl groups excluding tert-OH is 1. The van der Waals surface area contributed by atoms with Crippen LogP contribution in [0.2, 0.25) is 0 Å². The second-order valence-corrected chi connectivity index (χ2v) is 12.4. The van der Waals surface area contributed by atoms with Gasteiger partial charge in [-0.05, 0) is 39.3 Å². The van der Waals surface area contributed by atoms with Gasteiger partial charge in [0.15, 0.2) is 5.79 Å². The maximum atomic E-state index is 11.9. The third-order valence-corrected chi connectivity index (χ3v) is 8.12. The first-order valence-corrected chi connectivity index (χ1v) is 14.8. The Morgan fingerprint density at radius 3 is 2.68 bits per heavy atom. The number of benzene rings is 1. The Labute approximate surface area is 219 Å². The zero-order valence-electron chi connectivity index (χ0n) is 21.1. The average Bonchev–Trinajstić information content (AvgIpc) is 3.48. The van der Waals surface area contributed by atoms with Gasteiger partial charge in [0.25, 0.3) is 0 Å². The number of aryl methyl sites for hydroxylation is 1. The van der Waals surface area contributed by atoms with E-state index >= 15 is 0 Å². The minimum atomic E-state index is -3.59. The van der Waals surface area contributed by atoms with Crippen molar-refractivity contribution in [2.75, 3.05) is 36.1 Å². The molecular weight excluding hydrogens is 518 g/mol. The van der Waals surface area contributed by atoms with E-state index in [1.807, 2.05) is 38.1 Å². The minimum absolute atomic E-state index is 0.0367. The number of nitrogens with one attached hydrogen (secondary N) is 2. The summed E-state index contributed by atoms with van der Waals surface area (Å²) in [5.74, 6) is -0.680. The molecule has 0 spiro atoms. The lowest BCUT2D eigenvalue weighted by molar-refractivity contribution is -0.203. The van der Waals surface area contributed by atoms with Gasteiger partial charge in [0.05, 0.1) is 39.9 Å². The Hall–Kier alpha value is -2.42. The van der Waals surface area contributed by atoms with E-state index in [9.17, 15) is 13.5 Å². The van der Waals surface area contributed by atoms with Crippen LogP contribution < -0.4 is 10.0 Å². The van der Waals surface area contributed by atoms with Crippen LogP contribution in [0.3, 0.4) is 0 Å². The van der Waals surface area contributed by atoms with Crippen molar-refractivity contribution >= 4 is 43.3 Å². The number of ether oxygens (including phenoxy) is 3. The Balaban J connectivity index is 1.53. The van der Waals surface area contributed by atoms with Crippen LogP contribution >= 0.6 is 11.3 Å². The summed E-state index contributed by atoms with van der Waals surface area (Å²) >= 11 is 1.51. The molecule has 3 heterocycles. The first-order chi connectivity index (χ1) is 17.6. The number of rotatable bonds is 9. The molecule has 0 radical (unpaired) electrons. The summed E-state index contributed by atoms with van der Waals surface area (Å²) in [6.45, 7) is 6.29. The van der Waals surface area contributed by atoms with Gasteiger partial charge in [-0.1, -0.05) is 12.1 Å². The molecule has 1 saturated heterocycles. The number of para-hydroxylation sites is 1. The first-order valence-electron chi connectivity index (χ1n) is 12.1. The summed E-state index contributed by atoms with van der Waals surface area (Å²) in [4.78, 5) is 13.7. The standard InChI is InChI=1S/C24H31N5O6S2/c1-5-33-12-24(3)34-19-14(11-30)10-16(20(19)35-24)26-21-18(13(2)25-23(28-21)29-37(4,31)32)22-27-15-8-6-7-9-17(15)36-22/h6-9,14,16,19-20,30H,5,10-12H2,1-4H3,(H2,25,26,28,29). The van der Waals surface area contributed by atoms with Gasteiger partial charge in [0.2, 0.25) is 16.0 Å². The number of anilines is 2. The van der Waals surface area contributed by atoms with E-state index in [1.165, 1.54) is 11.3 Å². The van der Waals surface area contributed by atoms with Crippen LogP contribution in [0.15, 0.2) is 24.3 Å². The largest absolute Gasteiger partial charge is 0.396 e. The van der Waals surface area contributed by atoms with Gasteiger partial charge >= 0.3 is 0 Å². The molecule has 3 N–H and O–H groups in total. The Morgan fingerprint density at radius 2 is 1.97 bits per heavy atom. The van der Waals surface area contributed by atoms with Gasteiger partial charge in [0.1, 0.15) is 23.5 Å². The van der Waals surface area contributed by atoms with Crippen LogP contribution in [0, 0.1) is 12.8 Å². The second-order valence-electron chi connectivity index (χ2n) is 9.58. The minimum Gasteiger partial charge on any atom is -0.396 e. The van der Waals surface area contributed by atoms with E-state index in [0.717, 1.165) is 16.5 Å². The predicted octanol–water partition coefficient (Wildman–Crippen LogP) is 2.76. The van der Waals surface area contributed by atoms with Crippen LogP contribution in [-0.2, 0) is 24.2 Å². The maximum absolute atomic E-state index is 11.9. The van der Waals surface area contributed by atoms with Crippen molar-refractivity contribution in [2.45, 2.75) is 51.2 Å². The molecule has 11 nitrogen and oxygen atoms in total. The third-order valence-electron chi connectivity index (χ3n) is 6.51. The van der Waals surface area contributed by atoms with Gasteiger partial charge < -0.3 is 24.6 Å². The number of nitrogens with zero attached hydrogens (tertiary/aromatic N) is 3. The molecule has 3 aromatic rings. The molecule has 2 aliphatic rings. The van der Waals surface area contributed by atoms with Gasteiger partial charge in [-0.2, -0.15) is 4.98 Å². The molecule has 37 heavy (non-hydrogen) atoms. The molecule has 0 bridgehead atoms. The molecule has 5 rings (SSSR count). The van der Waals surface area contributed by atoms with E-state index in [2.05, 4.69) is 20.0 Å². The number of hydrogen-bond acceptors (Lipinski definition) is 11. The fraction of sp³-hybridized carbons (Fsp3) is 0.542. The van der Waals surface area contributed by atoms with Crippen molar-refractivity contribution in [3.05, 3.63) is 30.0 Å². The molecular formula is C24H31N5O6S2. The summed E-state index contributed by atoms with van der Waals surface area (Å²) < 4.78 is 45.4. The number of aromatic nitrogens is 3. The number of sulfonamides is 1. The van der Waals surface area contributed by atoms with E-state index in [0.29, 0.717) is 35.1 Å². The van der Waals surface area contributed by atoms with E-state index in [1.54, 1.807) is 6.92 Å². The van der Waals surface area contributed by atoms with Gasteiger partial charge in [-0.3, -0.25) is 4.72 Å². The van der Waals surface area contributed by atoms with Gasteiger partial charge in [0, 0.05) is 19.1 Å². The molecule has 5 unspecified atom stereocenters. The van der Waals surface area contributed by atoms with E-state index in [4.69, 9.17) is 19.2 Å². The summed E-state index contributed by atoms with van der Waals surface area (Å²) in [5.41, 5.74) is 2.10. The highest BCUT2D eigenvalue weighted by Gasteiger charge is 2.55.